The molecule has 0 unspecified atom stereocenters. The number of para-hydroxylation sites is 4. The summed E-state index contributed by atoms with van der Waals surface area (Å²) in [5.41, 5.74) is -0.240. The van der Waals surface area contributed by atoms with Crippen LogP contribution < -0.4 is 10.1 Å². The van der Waals surface area contributed by atoms with E-state index in [0.29, 0.717) is 4.57 Å². The quantitative estimate of drug-likeness (QED) is 0.649. The second kappa shape index (κ2) is 7.06. The van der Waals surface area contributed by atoms with E-state index in [4.69, 9.17) is 0 Å². The SMILES string of the molecule is O=C(Cn1c(C(F)(F)F)nc2ccccc21)Nc1ccccc1OC(F)(F)F. The highest BCUT2D eigenvalue weighted by atomic mass is 19.4. The summed E-state index contributed by atoms with van der Waals surface area (Å²) in [5.74, 6) is -2.95. The third kappa shape index (κ3) is 4.35. The molecule has 1 heterocycles. The zero-order chi connectivity index (χ0) is 20.5. The number of hydrogen-bond donors (Lipinski definition) is 1. The van der Waals surface area contributed by atoms with Gasteiger partial charge in [-0.1, -0.05) is 24.3 Å². The van der Waals surface area contributed by atoms with E-state index in [1.807, 2.05) is 0 Å². The smallest absolute Gasteiger partial charge is 0.404 e. The normalized spacial score (nSPS) is 12.2. The molecule has 11 heteroatoms. The molecule has 0 saturated heterocycles. The van der Waals surface area contributed by atoms with Crippen LogP contribution in [0.25, 0.3) is 11.0 Å². The number of nitrogens with one attached hydrogen (secondary N) is 1. The predicted molar refractivity (Wildman–Crippen MR) is 86.5 cm³/mol. The van der Waals surface area contributed by atoms with Crippen molar-refractivity contribution in [3.63, 3.8) is 0 Å². The van der Waals surface area contributed by atoms with Crippen LogP contribution in [0.2, 0.25) is 0 Å². The van der Waals surface area contributed by atoms with Crippen molar-refractivity contribution in [3.8, 4) is 5.75 Å². The fraction of sp³-hybridized carbons (Fsp3) is 0.176. The van der Waals surface area contributed by atoms with E-state index in [0.717, 1.165) is 12.1 Å². The maximum Gasteiger partial charge on any atom is 0.573 e. The number of fused-ring (bicyclic) bond motifs is 1. The van der Waals surface area contributed by atoms with Crippen molar-refractivity contribution < 1.29 is 35.9 Å². The van der Waals surface area contributed by atoms with Crippen LogP contribution in [0.4, 0.5) is 32.0 Å². The lowest BCUT2D eigenvalue weighted by molar-refractivity contribution is -0.274. The van der Waals surface area contributed by atoms with Gasteiger partial charge in [0.15, 0.2) is 5.75 Å². The number of imidazole rings is 1. The van der Waals surface area contributed by atoms with Gasteiger partial charge in [0.2, 0.25) is 11.7 Å². The van der Waals surface area contributed by atoms with Gasteiger partial charge in [0.25, 0.3) is 0 Å². The Kier molecular flexibility index (Phi) is 4.92. The number of carbonyl (C=O) groups excluding carboxylic acids is 1. The monoisotopic (exact) mass is 403 g/mol. The molecule has 5 nitrogen and oxygen atoms in total. The first-order valence-corrected chi connectivity index (χ1v) is 7.72. The van der Waals surface area contributed by atoms with Gasteiger partial charge in [-0.2, -0.15) is 13.2 Å². The summed E-state index contributed by atoms with van der Waals surface area (Å²) in [6, 6.07) is 10.4. The third-order valence-electron chi connectivity index (χ3n) is 3.60. The summed E-state index contributed by atoms with van der Waals surface area (Å²) in [5, 5.41) is 2.13. The Hall–Kier alpha value is -3.24. The Morgan fingerprint density at radius 3 is 2.32 bits per heavy atom. The molecule has 0 spiro atoms. The summed E-state index contributed by atoms with van der Waals surface area (Å²) in [6.07, 6.45) is -9.82. The van der Waals surface area contributed by atoms with Gasteiger partial charge in [-0.25, -0.2) is 4.98 Å². The minimum absolute atomic E-state index is 0.0310. The summed E-state index contributed by atoms with van der Waals surface area (Å²) in [7, 11) is 0. The summed E-state index contributed by atoms with van der Waals surface area (Å²) < 4.78 is 81.6. The maximum atomic E-state index is 13.3. The topological polar surface area (TPSA) is 56.2 Å². The highest BCUT2D eigenvalue weighted by Crippen LogP contribution is 2.32. The second-order valence-corrected chi connectivity index (χ2v) is 5.60. The van der Waals surface area contributed by atoms with Gasteiger partial charge in [0.1, 0.15) is 6.54 Å². The molecule has 1 aromatic heterocycles. The molecule has 1 N–H and O–H groups in total. The average Bonchev–Trinajstić information content (AvgIpc) is 2.94. The molecule has 0 aliphatic carbocycles. The molecule has 0 aliphatic rings. The molecular weight excluding hydrogens is 392 g/mol. The predicted octanol–water partition coefficient (Wildman–Crippen LogP) is 4.59. The molecule has 3 aromatic rings. The van der Waals surface area contributed by atoms with Gasteiger partial charge in [0, 0.05) is 0 Å². The van der Waals surface area contributed by atoms with Crippen molar-refractivity contribution in [2.75, 3.05) is 5.32 Å². The van der Waals surface area contributed by atoms with Crippen molar-refractivity contribution in [2.45, 2.75) is 19.1 Å². The third-order valence-corrected chi connectivity index (χ3v) is 3.60. The van der Waals surface area contributed by atoms with Gasteiger partial charge < -0.3 is 14.6 Å². The lowest BCUT2D eigenvalue weighted by Crippen LogP contribution is -2.24. The fourth-order valence-electron chi connectivity index (χ4n) is 2.57. The van der Waals surface area contributed by atoms with E-state index in [9.17, 15) is 31.1 Å². The van der Waals surface area contributed by atoms with E-state index >= 15 is 0 Å². The minimum Gasteiger partial charge on any atom is -0.404 e. The van der Waals surface area contributed by atoms with Crippen molar-refractivity contribution in [1.29, 1.82) is 0 Å². The van der Waals surface area contributed by atoms with Crippen LogP contribution in [0.5, 0.6) is 5.75 Å². The number of rotatable bonds is 4. The molecule has 1 amide bonds. The molecule has 148 valence electrons. The Bertz CT molecular complexity index is 1010. The molecule has 0 fully saturated rings. The van der Waals surface area contributed by atoms with Gasteiger partial charge in [-0.15, -0.1) is 13.2 Å². The maximum absolute atomic E-state index is 13.3. The molecule has 0 atom stereocenters. The molecule has 3 rings (SSSR count). The number of benzene rings is 2. The summed E-state index contributed by atoms with van der Waals surface area (Å²) in [4.78, 5) is 15.8. The zero-order valence-electron chi connectivity index (χ0n) is 13.8. The van der Waals surface area contributed by atoms with Crippen LogP contribution in [0, 0.1) is 0 Å². The fourth-order valence-corrected chi connectivity index (χ4v) is 2.57. The molecule has 0 aliphatic heterocycles. The number of amides is 1. The average molecular weight is 403 g/mol. The lowest BCUT2D eigenvalue weighted by Gasteiger charge is -2.15. The Morgan fingerprint density at radius 1 is 1.00 bits per heavy atom. The Labute approximate surface area is 153 Å². The number of alkyl halides is 6. The van der Waals surface area contributed by atoms with Crippen LogP contribution in [0.15, 0.2) is 48.5 Å². The molecular formula is C17H11F6N3O2. The van der Waals surface area contributed by atoms with Gasteiger partial charge >= 0.3 is 12.5 Å². The van der Waals surface area contributed by atoms with Crippen molar-refractivity contribution in [1.82, 2.24) is 9.55 Å². The van der Waals surface area contributed by atoms with E-state index < -0.39 is 36.6 Å². The molecule has 0 bridgehead atoms. The van der Waals surface area contributed by atoms with Gasteiger partial charge in [0.05, 0.1) is 16.7 Å². The van der Waals surface area contributed by atoms with E-state index in [-0.39, 0.29) is 16.7 Å². The highest BCUT2D eigenvalue weighted by Gasteiger charge is 2.38. The van der Waals surface area contributed by atoms with Crippen LogP contribution in [0.3, 0.4) is 0 Å². The van der Waals surface area contributed by atoms with Gasteiger partial charge in [-0.3, -0.25) is 4.79 Å². The minimum atomic E-state index is -5.00. The van der Waals surface area contributed by atoms with Crippen LogP contribution in [0.1, 0.15) is 5.82 Å². The van der Waals surface area contributed by atoms with Crippen molar-refractivity contribution >= 4 is 22.6 Å². The van der Waals surface area contributed by atoms with Crippen LogP contribution >= 0.6 is 0 Å². The van der Waals surface area contributed by atoms with E-state index in [1.165, 1.54) is 36.4 Å². The van der Waals surface area contributed by atoms with Gasteiger partial charge in [-0.05, 0) is 24.3 Å². The summed E-state index contributed by atoms with van der Waals surface area (Å²) in [6.45, 7) is -0.810. The first kappa shape index (κ1) is 19.5. The van der Waals surface area contributed by atoms with Crippen molar-refractivity contribution in [3.05, 3.63) is 54.4 Å². The number of halogens is 6. The molecule has 0 saturated carbocycles. The molecule has 2 aromatic carbocycles. The Morgan fingerprint density at radius 2 is 1.64 bits per heavy atom. The highest BCUT2D eigenvalue weighted by molar-refractivity contribution is 5.93. The number of anilines is 1. The lowest BCUT2D eigenvalue weighted by atomic mass is 10.3. The van der Waals surface area contributed by atoms with Crippen LogP contribution in [-0.4, -0.2) is 21.8 Å². The number of aromatic nitrogens is 2. The number of hydrogen-bond acceptors (Lipinski definition) is 3. The number of ether oxygens (including phenoxy) is 1. The van der Waals surface area contributed by atoms with E-state index in [1.54, 1.807) is 0 Å². The first-order chi connectivity index (χ1) is 13.0. The molecule has 28 heavy (non-hydrogen) atoms. The zero-order valence-corrected chi connectivity index (χ0v) is 13.8. The van der Waals surface area contributed by atoms with Crippen LogP contribution in [-0.2, 0) is 17.5 Å². The first-order valence-electron chi connectivity index (χ1n) is 7.72. The number of nitrogens with zero attached hydrogens (tertiary/aromatic N) is 2. The van der Waals surface area contributed by atoms with Crippen molar-refractivity contribution in [2.24, 2.45) is 0 Å². The Balaban J connectivity index is 1.89. The molecule has 0 radical (unpaired) electrons. The van der Waals surface area contributed by atoms with E-state index in [2.05, 4.69) is 15.0 Å². The largest absolute Gasteiger partial charge is 0.573 e. The standard InChI is InChI=1S/C17H11F6N3O2/c18-16(19,20)15-25-10-5-1-3-7-12(10)26(15)9-14(27)24-11-6-2-4-8-13(11)28-17(21,22)23/h1-8H,9H2,(H,24,27). The summed E-state index contributed by atoms with van der Waals surface area (Å²) >= 11 is 0. The number of carbonyl (C=O) groups is 1. The second-order valence-electron chi connectivity index (χ2n) is 5.60.